The van der Waals surface area contributed by atoms with E-state index in [4.69, 9.17) is 0 Å². The van der Waals surface area contributed by atoms with Crippen LogP contribution in [0.15, 0.2) is 72.4 Å². The molecule has 0 saturated carbocycles. The molecule has 2 aliphatic heterocycles. The fraction of sp³-hybridized carbons (Fsp3) is 0.154. The standard InChI is InChI=1S/C26H20F2N2O2/c1-16-6-8-18(9-7-16)23-24(29-13-12-17-4-2-3-5-19(17)15-29)26(32)30(25(23)31)22-14-20(27)10-11-21(22)28/h2-11,14H,12-13,15H2,1H3. The lowest BCUT2D eigenvalue weighted by Crippen LogP contribution is -2.37. The zero-order valence-electron chi connectivity index (χ0n) is 17.4. The molecule has 0 spiro atoms. The second-order valence-electron chi connectivity index (χ2n) is 8.07. The van der Waals surface area contributed by atoms with Crippen molar-refractivity contribution in [2.24, 2.45) is 0 Å². The first kappa shape index (κ1) is 20.1. The number of benzene rings is 3. The lowest BCUT2D eigenvalue weighted by Gasteiger charge is -2.31. The van der Waals surface area contributed by atoms with E-state index in [1.807, 2.05) is 42.2 Å². The summed E-state index contributed by atoms with van der Waals surface area (Å²) >= 11 is 0. The number of carbonyl (C=O) groups is 2. The highest BCUT2D eigenvalue weighted by Gasteiger charge is 2.44. The molecule has 0 atom stereocenters. The van der Waals surface area contributed by atoms with Crippen LogP contribution in [0.4, 0.5) is 14.5 Å². The fourth-order valence-corrected chi connectivity index (χ4v) is 4.35. The Morgan fingerprint density at radius 1 is 0.844 bits per heavy atom. The van der Waals surface area contributed by atoms with E-state index in [-0.39, 0.29) is 17.0 Å². The van der Waals surface area contributed by atoms with E-state index in [0.717, 1.165) is 40.6 Å². The third-order valence-corrected chi connectivity index (χ3v) is 6.00. The van der Waals surface area contributed by atoms with E-state index in [2.05, 4.69) is 6.07 Å². The monoisotopic (exact) mass is 430 g/mol. The molecule has 0 N–H and O–H groups in total. The van der Waals surface area contributed by atoms with Crippen molar-refractivity contribution in [3.8, 4) is 0 Å². The predicted molar refractivity (Wildman–Crippen MR) is 118 cm³/mol. The predicted octanol–water partition coefficient (Wildman–Crippen LogP) is 4.62. The molecule has 6 heteroatoms. The SMILES string of the molecule is Cc1ccc(C2=C(N3CCc4ccccc4C3)C(=O)N(c3cc(F)ccc3F)C2=O)cc1. The number of aryl methyl sites for hydroxylation is 1. The Morgan fingerprint density at radius 2 is 1.56 bits per heavy atom. The normalized spacial score (nSPS) is 16.1. The van der Waals surface area contributed by atoms with Gasteiger partial charge in [0.05, 0.1) is 11.3 Å². The molecule has 0 aromatic heterocycles. The molecule has 2 aliphatic rings. The van der Waals surface area contributed by atoms with Crippen molar-refractivity contribution in [1.29, 1.82) is 0 Å². The molecule has 0 saturated heterocycles. The second-order valence-corrected chi connectivity index (χ2v) is 8.07. The van der Waals surface area contributed by atoms with E-state index in [9.17, 15) is 18.4 Å². The van der Waals surface area contributed by atoms with Crippen molar-refractivity contribution in [2.75, 3.05) is 11.4 Å². The fourth-order valence-electron chi connectivity index (χ4n) is 4.35. The summed E-state index contributed by atoms with van der Waals surface area (Å²) in [4.78, 5) is 29.7. The number of rotatable bonds is 3. The molecule has 160 valence electrons. The van der Waals surface area contributed by atoms with E-state index < -0.39 is 23.4 Å². The van der Waals surface area contributed by atoms with Gasteiger partial charge in [0.15, 0.2) is 0 Å². The average Bonchev–Trinajstić information content (AvgIpc) is 3.05. The molecule has 2 heterocycles. The Kier molecular flexibility index (Phi) is 4.85. The van der Waals surface area contributed by atoms with Gasteiger partial charge in [0.1, 0.15) is 17.3 Å². The number of carbonyl (C=O) groups excluding carboxylic acids is 2. The molecule has 5 rings (SSSR count). The Balaban J connectivity index is 1.64. The number of imide groups is 1. The van der Waals surface area contributed by atoms with Gasteiger partial charge >= 0.3 is 0 Å². The maximum atomic E-state index is 14.6. The molecular weight excluding hydrogens is 410 g/mol. The first-order valence-corrected chi connectivity index (χ1v) is 10.4. The zero-order valence-corrected chi connectivity index (χ0v) is 17.4. The smallest absolute Gasteiger partial charge is 0.282 e. The van der Waals surface area contributed by atoms with Crippen LogP contribution in [-0.2, 0) is 22.6 Å². The molecule has 2 amide bonds. The van der Waals surface area contributed by atoms with E-state index in [1.54, 1.807) is 12.1 Å². The molecule has 3 aromatic carbocycles. The van der Waals surface area contributed by atoms with Gasteiger partial charge in [-0.05, 0) is 42.2 Å². The van der Waals surface area contributed by atoms with Crippen molar-refractivity contribution in [3.05, 3.63) is 106 Å². The molecule has 0 unspecified atom stereocenters. The van der Waals surface area contributed by atoms with Crippen molar-refractivity contribution < 1.29 is 18.4 Å². The summed E-state index contributed by atoms with van der Waals surface area (Å²) in [5.41, 5.74) is 3.90. The van der Waals surface area contributed by atoms with Crippen LogP contribution in [0.5, 0.6) is 0 Å². The Hall–Kier alpha value is -3.80. The number of hydrogen-bond donors (Lipinski definition) is 0. The maximum Gasteiger partial charge on any atom is 0.282 e. The van der Waals surface area contributed by atoms with Gasteiger partial charge in [0, 0.05) is 19.2 Å². The minimum atomic E-state index is -0.832. The van der Waals surface area contributed by atoms with Crippen molar-refractivity contribution in [2.45, 2.75) is 19.9 Å². The Morgan fingerprint density at radius 3 is 2.31 bits per heavy atom. The quantitative estimate of drug-likeness (QED) is 0.570. The van der Waals surface area contributed by atoms with Gasteiger partial charge in [0.2, 0.25) is 0 Å². The van der Waals surface area contributed by atoms with Crippen LogP contribution in [-0.4, -0.2) is 23.3 Å². The van der Waals surface area contributed by atoms with Crippen LogP contribution in [0.25, 0.3) is 5.57 Å². The first-order chi connectivity index (χ1) is 15.4. The lowest BCUT2D eigenvalue weighted by molar-refractivity contribution is -0.120. The Bertz CT molecular complexity index is 1280. The first-order valence-electron chi connectivity index (χ1n) is 10.4. The van der Waals surface area contributed by atoms with Crippen LogP contribution in [0.2, 0.25) is 0 Å². The third-order valence-electron chi connectivity index (χ3n) is 6.00. The number of hydrogen-bond acceptors (Lipinski definition) is 3. The minimum Gasteiger partial charge on any atom is -0.362 e. The van der Waals surface area contributed by atoms with Crippen LogP contribution in [0, 0.1) is 18.6 Å². The average molecular weight is 430 g/mol. The van der Waals surface area contributed by atoms with Crippen LogP contribution in [0.3, 0.4) is 0 Å². The number of nitrogens with zero attached hydrogens (tertiary/aromatic N) is 2. The molecule has 4 nitrogen and oxygen atoms in total. The minimum absolute atomic E-state index is 0.207. The van der Waals surface area contributed by atoms with Crippen molar-refractivity contribution in [1.82, 2.24) is 4.90 Å². The van der Waals surface area contributed by atoms with Crippen LogP contribution >= 0.6 is 0 Å². The number of fused-ring (bicyclic) bond motifs is 1. The van der Waals surface area contributed by atoms with Gasteiger partial charge in [0.25, 0.3) is 11.8 Å². The van der Waals surface area contributed by atoms with Crippen molar-refractivity contribution >= 4 is 23.1 Å². The Labute approximate surface area is 184 Å². The van der Waals surface area contributed by atoms with Gasteiger partial charge < -0.3 is 4.90 Å². The van der Waals surface area contributed by atoms with Gasteiger partial charge in [-0.3, -0.25) is 9.59 Å². The van der Waals surface area contributed by atoms with Crippen molar-refractivity contribution in [3.63, 3.8) is 0 Å². The van der Waals surface area contributed by atoms with Crippen LogP contribution < -0.4 is 4.90 Å². The second kappa shape index (κ2) is 7.71. The summed E-state index contributed by atoms with van der Waals surface area (Å²) in [6, 6.07) is 18.0. The summed E-state index contributed by atoms with van der Waals surface area (Å²) in [7, 11) is 0. The molecule has 3 aromatic rings. The van der Waals surface area contributed by atoms with Gasteiger partial charge in [-0.2, -0.15) is 0 Å². The summed E-state index contributed by atoms with van der Waals surface area (Å²) in [6.45, 7) is 2.93. The largest absolute Gasteiger partial charge is 0.362 e. The topological polar surface area (TPSA) is 40.6 Å². The van der Waals surface area contributed by atoms with E-state index in [0.29, 0.717) is 18.7 Å². The number of amides is 2. The van der Waals surface area contributed by atoms with E-state index >= 15 is 0 Å². The van der Waals surface area contributed by atoms with Gasteiger partial charge in [-0.15, -0.1) is 0 Å². The molecule has 0 aliphatic carbocycles. The molecule has 0 bridgehead atoms. The van der Waals surface area contributed by atoms with Crippen LogP contribution in [0.1, 0.15) is 22.3 Å². The summed E-state index contributed by atoms with van der Waals surface area (Å²) in [6.07, 6.45) is 0.719. The summed E-state index contributed by atoms with van der Waals surface area (Å²) < 4.78 is 28.5. The summed E-state index contributed by atoms with van der Waals surface area (Å²) in [5, 5.41) is 0. The highest BCUT2D eigenvalue weighted by molar-refractivity contribution is 6.45. The third kappa shape index (κ3) is 3.28. The maximum absolute atomic E-state index is 14.6. The molecular formula is C26H20F2N2O2. The molecule has 0 fully saturated rings. The summed E-state index contributed by atoms with van der Waals surface area (Å²) in [5.74, 6) is -2.85. The lowest BCUT2D eigenvalue weighted by atomic mass is 9.97. The zero-order chi connectivity index (χ0) is 22.4. The highest BCUT2D eigenvalue weighted by atomic mass is 19.1. The molecule has 32 heavy (non-hydrogen) atoms. The molecule has 0 radical (unpaired) electrons. The van der Waals surface area contributed by atoms with Gasteiger partial charge in [-0.25, -0.2) is 13.7 Å². The highest BCUT2D eigenvalue weighted by Crippen LogP contribution is 2.37. The number of anilines is 1. The van der Waals surface area contributed by atoms with E-state index in [1.165, 1.54) is 5.56 Å². The van der Waals surface area contributed by atoms with Gasteiger partial charge in [-0.1, -0.05) is 54.1 Å². The number of halogens is 2.